The zero-order valence-corrected chi connectivity index (χ0v) is 13.0. The molecule has 0 N–H and O–H groups in total. The van der Waals surface area contributed by atoms with Gasteiger partial charge in [0, 0.05) is 12.2 Å². The van der Waals surface area contributed by atoms with Gasteiger partial charge in [0.05, 0.1) is 6.20 Å². The van der Waals surface area contributed by atoms with Crippen LogP contribution >= 0.6 is 0 Å². The number of likely N-dealkylation sites (tertiary alicyclic amines) is 1. The Balaban J connectivity index is 1.61. The first-order chi connectivity index (χ1) is 10.8. The molecule has 0 bridgehead atoms. The Bertz CT molecular complexity index is 624. The summed E-state index contributed by atoms with van der Waals surface area (Å²) in [5.74, 6) is 0.843. The van der Waals surface area contributed by atoms with E-state index in [1.807, 2.05) is 30.5 Å². The van der Waals surface area contributed by atoms with E-state index in [4.69, 9.17) is 4.74 Å². The minimum atomic E-state index is 0.531. The van der Waals surface area contributed by atoms with Gasteiger partial charge in [-0.1, -0.05) is 42.5 Å². The summed E-state index contributed by atoms with van der Waals surface area (Å²) in [4.78, 5) is 6.64. The van der Waals surface area contributed by atoms with Gasteiger partial charge >= 0.3 is 0 Å². The highest BCUT2D eigenvalue weighted by Gasteiger charge is 2.21. The Morgan fingerprint density at radius 1 is 1.18 bits per heavy atom. The van der Waals surface area contributed by atoms with E-state index in [0.29, 0.717) is 6.04 Å². The number of hydrogen-bond donors (Lipinski definition) is 0. The molecule has 2 aromatic rings. The molecule has 1 saturated heterocycles. The van der Waals surface area contributed by atoms with Crippen LogP contribution in [-0.4, -0.2) is 36.1 Å². The summed E-state index contributed by atoms with van der Waals surface area (Å²) in [6, 6.07) is 12.8. The Hall–Kier alpha value is -2.13. The Labute approximate surface area is 132 Å². The van der Waals surface area contributed by atoms with E-state index in [9.17, 15) is 0 Å². The van der Waals surface area contributed by atoms with Crippen LogP contribution in [0.2, 0.25) is 0 Å². The van der Waals surface area contributed by atoms with Gasteiger partial charge in [-0.15, -0.1) is 0 Å². The van der Waals surface area contributed by atoms with Gasteiger partial charge in [0.25, 0.3) is 0 Å². The predicted octanol–water partition coefficient (Wildman–Crippen LogP) is 3.73. The normalized spacial score (nSPS) is 18.9. The number of rotatable bonds is 5. The summed E-state index contributed by atoms with van der Waals surface area (Å²) >= 11 is 0. The van der Waals surface area contributed by atoms with Crippen molar-refractivity contribution in [2.45, 2.75) is 18.9 Å². The third-order valence-corrected chi connectivity index (χ3v) is 4.12. The molecule has 0 saturated carbocycles. The lowest BCUT2D eigenvalue weighted by Crippen LogP contribution is -2.30. The van der Waals surface area contributed by atoms with Crippen molar-refractivity contribution in [2.24, 2.45) is 0 Å². The van der Waals surface area contributed by atoms with E-state index in [2.05, 4.69) is 41.2 Å². The summed E-state index contributed by atoms with van der Waals surface area (Å²) < 4.78 is 5.91. The van der Waals surface area contributed by atoms with Gasteiger partial charge in [-0.3, -0.25) is 4.98 Å². The van der Waals surface area contributed by atoms with Crippen molar-refractivity contribution in [1.29, 1.82) is 0 Å². The van der Waals surface area contributed by atoms with Gasteiger partial charge in [-0.25, -0.2) is 0 Å². The summed E-state index contributed by atoms with van der Waals surface area (Å²) in [6.45, 7) is 1.91. The zero-order chi connectivity index (χ0) is 15.2. The molecule has 1 fully saturated rings. The second kappa shape index (κ2) is 7.23. The van der Waals surface area contributed by atoms with Crippen LogP contribution < -0.4 is 4.74 Å². The van der Waals surface area contributed by atoms with Crippen molar-refractivity contribution in [3.05, 3.63) is 59.9 Å². The van der Waals surface area contributed by atoms with Gasteiger partial charge in [-0.2, -0.15) is 0 Å². The third-order valence-electron chi connectivity index (χ3n) is 4.12. The van der Waals surface area contributed by atoms with Crippen LogP contribution in [0.5, 0.6) is 5.75 Å². The van der Waals surface area contributed by atoms with Crippen LogP contribution in [-0.2, 0) is 0 Å². The van der Waals surface area contributed by atoms with Crippen molar-refractivity contribution >= 4 is 12.2 Å². The van der Waals surface area contributed by atoms with Gasteiger partial charge < -0.3 is 9.64 Å². The summed E-state index contributed by atoms with van der Waals surface area (Å²) in [5.41, 5.74) is 2.24. The maximum absolute atomic E-state index is 5.91. The molecule has 3 rings (SSSR count). The molecule has 0 aliphatic carbocycles. The topological polar surface area (TPSA) is 25.4 Å². The third kappa shape index (κ3) is 3.95. The standard InChI is InChI=1S/C19H22N2O/c1-21-11-5-8-18(21)15-22-19-12-17(13-20-14-19)10-9-16-6-3-2-4-7-16/h2-4,6-7,9-10,12-14,18H,5,8,11,15H2,1H3/t18-/m0/s1. The Morgan fingerprint density at radius 2 is 2.00 bits per heavy atom. The maximum Gasteiger partial charge on any atom is 0.138 e. The maximum atomic E-state index is 5.91. The molecular formula is C19H22N2O. The summed E-state index contributed by atoms with van der Waals surface area (Å²) in [6.07, 6.45) is 10.3. The van der Waals surface area contributed by atoms with Crippen molar-refractivity contribution in [2.75, 3.05) is 20.2 Å². The summed E-state index contributed by atoms with van der Waals surface area (Å²) in [5, 5.41) is 0. The highest BCUT2D eigenvalue weighted by Crippen LogP contribution is 2.18. The smallest absolute Gasteiger partial charge is 0.138 e. The van der Waals surface area contributed by atoms with E-state index >= 15 is 0 Å². The van der Waals surface area contributed by atoms with Crippen LogP contribution in [0.15, 0.2) is 48.8 Å². The van der Waals surface area contributed by atoms with E-state index in [1.165, 1.54) is 24.9 Å². The van der Waals surface area contributed by atoms with Crippen molar-refractivity contribution in [1.82, 2.24) is 9.88 Å². The second-order valence-electron chi connectivity index (χ2n) is 5.79. The first kappa shape index (κ1) is 14.8. The first-order valence-electron chi connectivity index (χ1n) is 7.82. The minimum absolute atomic E-state index is 0.531. The molecule has 2 heterocycles. The largest absolute Gasteiger partial charge is 0.490 e. The Kier molecular flexibility index (Phi) is 4.86. The monoisotopic (exact) mass is 294 g/mol. The fourth-order valence-electron chi connectivity index (χ4n) is 2.74. The molecule has 0 amide bonds. The van der Waals surface area contributed by atoms with E-state index in [1.54, 1.807) is 6.20 Å². The average molecular weight is 294 g/mol. The molecule has 1 atom stereocenters. The number of likely N-dealkylation sites (N-methyl/N-ethyl adjacent to an activating group) is 1. The molecule has 0 spiro atoms. The van der Waals surface area contributed by atoms with Crippen LogP contribution in [0.3, 0.4) is 0 Å². The van der Waals surface area contributed by atoms with Crippen molar-refractivity contribution < 1.29 is 4.74 Å². The highest BCUT2D eigenvalue weighted by atomic mass is 16.5. The fourth-order valence-corrected chi connectivity index (χ4v) is 2.74. The van der Waals surface area contributed by atoms with Crippen molar-refractivity contribution in [3.63, 3.8) is 0 Å². The lowest BCUT2D eigenvalue weighted by molar-refractivity contribution is 0.198. The number of ether oxygens (including phenoxy) is 1. The van der Waals surface area contributed by atoms with Gasteiger partial charge in [-0.05, 0) is 43.6 Å². The quantitative estimate of drug-likeness (QED) is 0.840. The molecule has 22 heavy (non-hydrogen) atoms. The molecule has 3 heteroatoms. The van der Waals surface area contributed by atoms with Crippen LogP contribution in [0.25, 0.3) is 12.2 Å². The van der Waals surface area contributed by atoms with Gasteiger partial charge in [0.15, 0.2) is 0 Å². The van der Waals surface area contributed by atoms with Crippen LogP contribution in [0.1, 0.15) is 24.0 Å². The molecule has 114 valence electrons. The highest BCUT2D eigenvalue weighted by molar-refractivity contribution is 5.69. The molecule has 1 aliphatic heterocycles. The average Bonchev–Trinajstić information content (AvgIpc) is 2.98. The number of benzene rings is 1. The van der Waals surface area contributed by atoms with Crippen LogP contribution in [0.4, 0.5) is 0 Å². The lowest BCUT2D eigenvalue weighted by atomic mass is 10.2. The number of nitrogens with zero attached hydrogens (tertiary/aromatic N) is 2. The van der Waals surface area contributed by atoms with E-state index in [-0.39, 0.29) is 0 Å². The SMILES string of the molecule is CN1CCC[C@H]1COc1cncc(C=Cc2ccccc2)c1. The molecule has 1 aliphatic rings. The number of hydrogen-bond acceptors (Lipinski definition) is 3. The number of pyridine rings is 1. The van der Waals surface area contributed by atoms with E-state index < -0.39 is 0 Å². The summed E-state index contributed by atoms with van der Waals surface area (Å²) in [7, 11) is 2.16. The predicted molar refractivity (Wildman–Crippen MR) is 90.8 cm³/mol. The molecule has 3 nitrogen and oxygen atoms in total. The molecular weight excluding hydrogens is 272 g/mol. The van der Waals surface area contributed by atoms with Gasteiger partial charge in [0.2, 0.25) is 0 Å². The number of aromatic nitrogens is 1. The second-order valence-corrected chi connectivity index (χ2v) is 5.79. The van der Waals surface area contributed by atoms with Crippen molar-refractivity contribution in [3.8, 4) is 5.75 Å². The fraction of sp³-hybridized carbons (Fsp3) is 0.316. The minimum Gasteiger partial charge on any atom is -0.490 e. The molecule has 1 aromatic heterocycles. The first-order valence-corrected chi connectivity index (χ1v) is 7.82. The lowest BCUT2D eigenvalue weighted by Gasteiger charge is -2.19. The van der Waals surface area contributed by atoms with Crippen LogP contribution in [0, 0.1) is 0 Å². The van der Waals surface area contributed by atoms with E-state index in [0.717, 1.165) is 17.9 Å². The molecule has 0 radical (unpaired) electrons. The molecule has 0 unspecified atom stereocenters. The van der Waals surface area contributed by atoms with Gasteiger partial charge in [0.1, 0.15) is 12.4 Å². The zero-order valence-electron chi connectivity index (χ0n) is 13.0. The Morgan fingerprint density at radius 3 is 2.77 bits per heavy atom. The molecule has 1 aromatic carbocycles.